The molecule has 0 aliphatic rings. The maximum absolute atomic E-state index is 4.18. The first-order valence-electron chi connectivity index (χ1n) is 5.30. The van der Waals surface area contributed by atoms with E-state index in [0.717, 1.165) is 6.54 Å². The summed E-state index contributed by atoms with van der Waals surface area (Å²) in [5, 5.41) is 3.44. The molecule has 2 nitrogen and oxygen atoms in total. The monoisotopic (exact) mass is 192 g/mol. The lowest BCUT2D eigenvalue weighted by molar-refractivity contribution is 0.492. The Hall–Kier alpha value is -0.890. The molecule has 0 aliphatic heterocycles. The Balaban J connectivity index is 2.78. The number of hydrogen-bond acceptors (Lipinski definition) is 2. The molecule has 0 saturated carbocycles. The van der Waals surface area contributed by atoms with Crippen molar-refractivity contribution in [1.82, 2.24) is 10.3 Å². The van der Waals surface area contributed by atoms with Gasteiger partial charge in [0.2, 0.25) is 0 Å². The molecule has 0 fully saturated rings. The number of nitrogens with zero attached hydrogens (tertiary/aromatic N) is 1. The van der Waals surface area contributed by atoms with E-state index in [9.17, 15) is 0 Å². The van der Waals surface area contributed by atoms with Crippen molar-refractivity contribution in [2.24, 2.45) is 0 Å². The van der Waals surface area contributed by atoms with Gasteiger partial charge in [0.15, 0.2) is 0 Å². The smallest absolute Gasteiger partial charge is 0.0305 e. The van der Waals surface area contributed by atoms with E-state index in [1.54, 1.807) is 0 Å². The van der Waals surface area contributed by atoms with Crippen LogP contribution in [0.25, 0.3) is 0 Å². The molecule has 0 bridgehead atoms. The predicted octanol–water partition coefficient (Wildman–Crippen LogP) is 2.49. The lowest BCUT2D eigenvalue weighted by Crippen LogP contribution is -2.30. The van der Waals surface area contributed by atoms with Gasteiger partial charge in [-0.3, -0.25) is 4.98 Å². The Bertz CT molecular complexity index is 283. The Kier molecular flexibility index (Phi) is 4.08. The van der Waals surface area contributed by atoms with Gasteiger partial charge >= 0.3 is 0 Å². The Morgan fingerprint density at radius 3 is 2.71 bits per heavy atom. The van der Waals surface area contributed by atoms with E-state index in [0.29, 0.717) is 12.0 Å². The number of aryl methyl sites for hydroxylation is 1. The van der Waals surface area contributed by atoms with E-state index in [1.807, 2.05) is 12.4 Å². The third-order valence-electron chi connectivity index (χ3n) is 2.85. The molecule has 0 aliphatic carbocycles. The second-order valence-corrected chi connectivity index (χ2v) is 3.87. The number of likely N-dealkylation sites (N-methyl/N-ethyl adjacent to an activating group) is 1. The van der Waals surface area contributed by atoms with E-state index in [-0.39, 0.29) is 0 Å². The van der Waals surface area contributed by atoms with Crippen LogP contribution in [0, 0.1) is 6.92 Å². The van der Waals surface area contributed by atoms with Crippen molar-refractivity contribution in [2.45, 2.75) is 39.7 Å². The summed E-state index contributed by atoms with van der Waals surface area (Å²) in [6.07, 6.45) is 3.83. The molecule has 2 heteroatoms. The average Bonchev–Trinajstić information content (AvgIpc) is 2.18. The summed E-state index contributed by atoms with van der Waals surface area (Å²) in [7, 11) is 0. The van der Waals surface area contributed by atoms with Crippen molar-refractivity contribution in [1.29, 1.82) is 0 Å². The number of aromatic nitrogens is 1. The molecule has 1 aromatic rings. The van der Waals surface area contributed by atoms with Crippen molar-refractivity contribution >= 4 is 0 Å². The molecule has 14 heavy (non-hydrogen) atoms. The van der Waals surface area contributed by atoms with Crippen LogP contribution in [0.2, 0.25) is 0 Å². The molecule has 1 N–H and O–H groups in total. The second kappa shape index (κ2) is 5.11. The number of rotatable bonds is 4. The number of pyridine rings is 1. The van der Waals surface area contributed by atoms with Crippen molar-refractivity contribution < 1.29 is 0 Å². The van der Waals surface area contributed by atoms with Crippen LogP contribution in [0.5, 0.6) is 0 Å². The quantitative estimate of drug-likeness (QED) is 0.792. The third kappa shape index (κ3) is 2.55. The van der Waals surface area contributed by atoms with E-state index >= 15 is 0 Å². The summed E-state index contributed by atoms with van der Waals surface area (Å²) in [6.45, 7) is 9.77. The van der Waals surface area contributed by atoms with Gasteiger partial charge in [0.1, 0.15) is 0 Å². The Labute approximate surface area is 86.8 Å². The Morgan fingerprint density at radius 2 is 2.14 bits per heavy atom. The first kappa shape index (κ1) is 11.2. The van der Waals surface area contributed by atoms with Crippen molar-refractivity contribution in [3.05, 3.63) is 29.6 Å². The van der Waals surface area contributed by atoms with Crippen molar-refractivity contribution in [2.75, 3.05) is 6.54 Å². The molecule has 0 spiro atoms. The van der Waals surface area contributed by atoms with E-state index in [4.69, 9.17) is 0 Å². The fourth-order valence-electron chi connectivity index (χ4n) is 1.72. The number of hydrogen-bond donors (Lipinski definition) is 1. The summed E-state index contributed by atoms with van der Waals surface area (Å²) in [4.78, 5) is 4.18. The van der Waals surface area contributed by atoms with Gasteiger partial charge in [0.05, 0.1) is 0 Å². The second-order valence-electron chi connectivity index (χ2n) is 3.87. The van der Waals surface area contributed by atoms with Crippen LogP contribution in [0.15, 0.2) is 18.5 Å². The summed E-state index contributed by atoms with van der Waals surface area (Å²) in [5.74, 6) is 0.517. The minimum absolute atomic E-state index is 0.503. The van der Waals surface area contributed by atoms with Crippen LogP contribution in [-0.4, -0.2) is 17.6 Å². The van der Waals surface area contributed by atoms with Crippen LogP contribution in [0.4, 0.5) is 0 Å². The third-order valence-corrected chi connectivity index (χ3v) is 2.85. The molecule has 1 rings (SSSR count). The van der Waals surface area contributed by atoms with E-state index in [1.165, 1.54) is 11.1 Å². The topological polar surface area (TPSA) is 24.9 Å². The zero-order chi connectivity index (χ0) is 10.6. The van der Waals surface area contributed by atoms with Crippen LogP contribution >= 0.6 is 0 Å². The Morgan fingerprint density at radius 1 is 1.43 bits per heavy atom. The first-order chi connectivity index (χ1) is 6.66. The van der Waals surface area contributed by atoms with Gasteiger partial charge in [0.25, 0.3) is 0 Å². The van der Waals surface area contributed by atoms with Crippen LogP contribution in [0.3, 0.4) is 0 Å². The van der Waals surface area contributed by atoms with Gasteiger partial charge in [-0.1, -0.05) is 13.8 Å². The maximum atomic E-state index is 4.18. The van der Waals surface area contributed by atoms with Crippen LogP contribution in [0.1, 0.15) is 37.8 Å². The van der Waals surface area contributed by atoms with Crippen LogP contribution in [-0.2, 0) is 0 Å². The van der Waals surface area contributed by atoms with Gasteiger partial charge in [0, 0.05) is 18.4 Å². The zero-order valence-electron chi connectivity index (χ0n) is 9.54. The number of nitrogens with one attached hydrogen (secondary N) is 1. The fourth-order valence-corrected chi connectivity index (χ4v) is 1.72. The maximum Gasteiger partial charge on any atom is 0.0305 e. The van der Waals surface area contributed by atoms with Gasteiger partial charge in [-0.15, -0.1) is 0 Å². The SMILES string of the molecule is CCNC(C)C(C)c1cnccc1C. The van der Waals surface area contributed by atoms with E-state index in [2.05, 4.69) is 44.1 Å². The highest BCUT2D eigenvalue weighted by Gasteiger charge is 2.14. The highest BCUT2D eigenvalue weighted by atomic mass is 14.9. The molecule has 2 atom stereocenters. The lowest BCUT2D eigenvalue weighted by Gasteiger charge is -2.22. The largest absolute Gasteiger partial charge is 0.314 e. The fraction of sp³-hybridized carbons (Fsp3) is 0.583. The molecule has 0 saturated heterocycles. The minimum atomic E-state index is 0.503. The average molecular weight is 192 g/mol. The molecule has 0 aromatic carbocycles. The first-order valence-corrected chi connectivity index (χ1v) is 5.30. The normalized spacial score (nSPS) is 15.1. The lowest BCUT2D eigenvalue weighted by atomic mass is 9.92. The molecule has 78 valence electrons. The molecule has 2 unspecified atom stereocenters. The minimum Gasteiger partial charge on any atom is -0.314 e. The highest BCUT2D eigenvalue weighted by molar-refractivity contribution is 5.26. The van der Waals surface area contributed by atoms with Gasteiger partial charge in [-0.05, 0) is 43.5 Å². The molecule has 1 heterocycles. The standard InChI is InChI=1S/C12H20N2/c1-5-14-11(4)10(3)12-8-13-7-6-9(12)2/h6-8,10-11,14H,5H2,1-4H3. The van der Waals surface area contributed by atoms with Crippen molar-refractivity contribution in [3.8, 4) is 0 Å². The zero-order valence-corrected chi connectivity index (χ0v) is 9.54. The summed E-state index contributed by atoms with van der Waals surface area (Å²) in [5.41, 5.74) is 2.68. The molecule has 0 radical (unpaired) electrons. The molecule has 1 aromatic heterocycles. The van der Waals surface area contributed by atoms with Gasteiger partial charge in [-0.25, -0.2) is 0 Å². The van der Waals surface area contributed by atoms with Crippen LogP contribution < -0.4 is 5.32 Å². The predicted molar refractivity (Wildman–Crippen MR) is 60.5 cm³/mol. The molecular formula is C12H20N2. The summed E-state index contributed by atoms with van der Waals surface area (Å²) >= 11 is 0. The highest BCUT2D eigenvalue weighted by Crippen LogP contribution is 2.21. The molecule has 0 amide bonds. The van der Waals surface area contributed by atoms with Crippen molar-refractivity contribution in [3.63, 3.8) is 0 Å². The van der Waals surface area contributed by atoms with Gasteiger partial charge < -0.3 is 5.32 Å². The van der Waals surface area contributed by atoms with Gasteiger partial charge in [-0.2, -0.15) is 0 Å². The van der Waals surface area contributed by atoms with E-state index < -0.39 is 0 Å². The summed E-state index contributed by atoms with van der Waals surface area (Å²) < 4.78 is 0. The summed E-state index contributed by atoms with van der Waals surface area (Å²) in [6, 6.07) is 2.58. The molecular weight excluding hydrogens is 172 g/mol.